The predicted octanol–water partition coefficient (Wildman–Crippen LogP) is 0.485. The van der Waals surface area contributed by atoms with Gasteiger partial charge in [0, 0.05) is 0 Å². The third-order valence-corrected chi connectivity index (χ3v) is 4.03. The second-order valence-electron chi connectivity index (χ2n) is 0.703. The third-order valence-electron chi connectivity index (χ3n) is 0.295. The van der Waals surface area contributed by atoms with E-state index >= 15 is 0 Å². The van der Waals surface area contributed by atoms with Crippen molar-refractivity contribution in [1.82, 2.24) is 0 Å². The molecule has 6 heavy (non-hydrogen) atoms. The Bertz CT molecular complexity index is 59.8. The summed E-state index contributed by atoms with van der Waals surface area (Å²) in [6, 6.07) is 0. The van der Waals surface area contributed by atoms with Gasteiger partial charge < -0.3 is 0 Å². The summed E-state index contributed by atoms with van der Waals surface area (Å²) in [6.45, 7) is 0. The monoisotopic (exact) mass is 348 g/mol. The summed E-state index contributed by atoms with van der Waals surface area (Å²) in [7, 11) is 0. The average Bonchev–Trinajstić information content (AvgIpc) is 1.61. The SMILES string of the molecule is [Br][In]/[CH]=C\[CH]=[In]. The topological polar surface area (TPSA) is 0 Å². The molecule has 0 unspecified atom stereocenters. The first-order chi connectivity index (χ1) is 2.91. The number of hydrogen-bond donors (Lipinski definition) is 0. The molecule has 0 aromatic rings. The summed E-state index contributed by atoms with van der Waals surface area (Å²) in [5.41, 5.74) is 0. The Morgan fingerprint density at radius 2 is 2.33 bits per heavy atom. The summed E-state index contributed by atoms with van der Waals surface area (Å²) in [6.07, 6.45) is 2.15. The Balaban J connectivity index is 2.94. The Kier molecular flexibility index (Phi) is 8.91. The molecule has 0 amide bonds. The molecule has 0 saturated heterocycles. The van der Waals surface area contributed by atoms with Crippen molar-refractivity contribution in [2.75, 3.05) is 0 Å². The molecule has 0 spiro atoms. The Morgan fingerprint density at radius 1 is 1.67 bits per heavy atom. The first-order valence-electron chi connectivity index (χ1n) is 1.55. The molecule has 0 atom stereocenters. The molecular formula is C3H3BrIn2. The van der Waals surface area contributed by atoms with Crippen LogP contribution in [0.1, 0.15) is 0 Å². The molecule has 0 aliphatic heterocycles. The van der Waals surface area contributed by atoms with E-state index in [-0.39, 0.29) is 20.6 Å². The zero-order chi connectivity index (χ0) is 4.83. The van der Waals surface area contributed by atoms with Crippen molar-refractivity contribution in [3.63, 3.8) is 0 Å². The Hall–Kier alpha value is 1.83. The molecule has 0 rings (SSSR count). The summed E-state index contributed by atoms with van der Waals surface area (Å²) in [5, 5.41) is 0. The summed E-state index contributed by atoms with van der Waals surface area (Å²) >= 11 is 4.38. The van der Waals surface area contributed by atoms with Gasteiger partial charge in [0.2, 0.25) is 0 Å². The van der Waals surface area contributed by atoms with E-state index in [1.807, 2.05) is 0 Å². The average molecular weight is 349 g/mol. The molecular weight excluding hydrogens is 346 g/mol. The van der Waals surface area contributed by atoms with E-state index in [0.717, 1.165) is 0 Å². The maximum absolute atomic E-state index is 3.45. The van der Waals surface area contributed by atoms with E-state index in [2.05, 4.69) is 26.0 Å². The molecule has 0 heterocycles. The zero-order valence-electron chi connectivity index (χ0n) is 3.26. The van der Waals surface area contributed by atoms with Crippen LogP contribution in [0.25, 0.3) is 0 Å². The van der Waals surface area contributed by atoms with Gasteiger partial charge in [-0.05, 0) is 0 Å². The van der Waals surface area contributed by atoms with Gasteiger partial charge in [0.1, 0.15) is 0 Å². The van der Waals surface area contributed by atoms with Gasteiger partial charge in [-0.15, -0.1) is 0 Å². The van der Waals surface area contributed by atoms with Crippen molar-refractivity contribution < 1.29 is 0 Å². The first kappa shape index (κ1) is 7.83. The fraction of sp³-hybridized carbons (Fsp3) is 0. The fourth-order valence-electron chi connectivity index (χ4n) is 0.106. The van der Waals surface area contributed by atoms with Gasteiger partial charge in [-0.2, -0.15) is 0 Å². The molecule has 0 fully saturated rings. The van der Waals surface area contributed by atoms with Crippen LogP contribution in [0.4, 0.5) is 0 Å². The van der Waals surface area contributed by atoms with E-state index in [0.29, 0.717) is 0 Å². The van der Waals surface area contributed by atoms with Gasteiger partial charge >= 0.3 is 70.4 Å². The standard InChI is InChI=1S/C3H3.BrH.2In/c1-3-2;;;/h1-3H;1H;;/q;;;+1/p-1. The van der Waals surface area contributed by atoms with E-state index < -0.39 is 0 Å². The fourth-order valence-corrected chi connectivity index (χ4v) is 4.35. The van der Waals surface area contributed by atoms with E-state index in [4.69, 9.17) is 0 Å². The molecule has 0 aliphatic rings. The normalized spacial score (nSPS) is 8.67. The molecule has 0 saturated carbocycles. The second-order valence-corrected chi connectivity index (χ2v) is 7.17. The minimum atomic E-state index is -0.326. The molecule has 0 aliphatic carbocycles. The quantitative estimate of drug-likeness (QED) is 0.681. The summed E-state index contributed by atoms with van der Waals surface area (Å²) < 4.78 is 4.44. The van der Waals surface area contributed by atoms with E-state index in [1.165, 1.54) is 23.9 Å². The molecule has 0 bridgehead atoms. The molecule has 2 radical (unpaired) electrons. The van der Waals surface area contributed by atoms with Gasteiger partial charge in [0.15, 0.2) is 0 Å². The molecule has 0 N–H and O–H groups in total. The number of allylic oxidation sites excluding steroid dienone is 1. The second kappa shape index (κ2) is 6.83. The molecule has 28 valence electrons. The molecule has 0 aromatic carbocycles. The van der Waals surface area contributed by atoms with Crippen LogP contribution in [0, 0.1) is 0 Å². The van der Waals surface area contributed by atoms with Gasteiger partial charge in [0.25, 0.3) is 0 Å². The van der Waals surface area contributed by atoms with Gasteiger partial charge in [-0.3, -0.25) is 0 Å². The molecule has 3 heteroatoms. The van der Waals surface area contributed by atoms with Crippen molar-refractivity contribution in [3.8, 4) is 0 Å². The first-order valence-corrected chi connectivity index (χ1v) is 12.7. The van der Waals surface area contributed by atoms with E-state index in [9.17, 15) is 0 Å². The van der Waals surface area contributed by atoms with Crippen molar-refractivity contribution in [2.24, 2.45) is 0 Å². The Morgan fingerprint density at radius 3 is 2.50 bits per heavy atom. The van der Waals surface area contributed by atoms with E-state index in [1.54, 1.807) is 0 Å². The van der Waals surface area contributed by atoms with Gasteiger partial charge in [0.05, 0.1) is 0 Å². The molecule has 0 nitrogen and oxygen atoms in total. The number of halogens is 1. The maximum atomic E-state index is 3.45. The van der Waals surface area contributed by atoms with Crippen molar-refractivity contribution in [3.05, 3.63) is 9.91 Å². The summed E-state index contributed by atoms with van der Waals surface area (Å²) in [4.78, 5) is 0. The van der Waals surface area contributed by atoms with Crippen LogP contribution >= 0.6 is 12.3 Å². The van der Waals surface area contributed by atoms with Crippen LogP contribution in [-0.2, 0) is 0 Å². The van der Waals surface area contributed by atoms with Crippen molar-refractivity contribution in [1.29, 1.82) is 0 Å². The number of rotatable bonds is 2. The van der Waals surface area contributed by atoms with Crippen molar-refractivity contribution >= 4 is 60.5 Å². The van der Waals surface area contributed by atoms with Crippen LogP contribution < -0.4 is 0 Å². The van der Waals surface area contributed by atoms with Crippen LogP contribution in [0.3, 0.4) is 0 Å². The van der Waals surface area contributed by atoms with Crippen LogP contribution in [0.2, 0.25) is 0 Å². The predicted molar refractivity (Wildman–Crippen MR) is 35.6 cm³/mol. The summed E-state index contributed by atoms with van der Waals surface area (Å²) in [5.74, 6) is 0. The van der Waals surface area contributed by atoms with Crippen LogP contribution in [-0.4, -0.2) is 48.2 Å². The van der Waals surface area contributed by atoms with Crippen molar-refractivity contribution in [2.45, 2.75) is 0 Å². The van der Waals surface area contributed by atoms with Crippen LogP contribution in [0.15, 0.2) is 9.91 Å². The van der Waals surface area contributed by atoms with Gasteiger partial charge in [-0.1, -0.05) is 0 Å². The Labute approximate surface area is 69.3 Å². The van der Waals surface area contributed by atoms with Gasteiger partial charge in [-0.25, -0.2) is 0 Å². The third kappa shape index (κ3) is 5.83. The molecule has 0 aromatic heterocycles. The number of hydrogen-bond acceptors (Lipinski definition) is 0. The minimum absolute atomic E-state index is 0.326. The van der Waals surface area contributed by atoms with Crippen LogP contribution in [0.5, 0.6) is 0 Å². The zero-order valence-corrected chi connectivity index (χ0v) is 11.4.